The Morgan fingerprint density at radius 1 is 1.09 bits per heavy atom. The van der Waals surface area contributed by atoms with E-state index in [4.69, 9.17) is 9.84 Å². The number of carbonyl (C=O) groups is 1. The van der Waals surface area contributed by atoms with Crippen molar-refractivity contribution in [2.45, 2.75) is 13.2 Å². The molecule has 0 aliphatic rings. The van der Waals surface area contributed by atoms with Gasteiger partial charge in [0.1, 0.15) is 11.6 Å². The molecule has 0 fully saturated rings. The summed E-state index contributed by atoms with van der Waals surface area (Å²) in [4.78, 5) is 11.6. The van der Waals surface area contributed by atoms with Gasteiger partial charge in [0.15, 0.2) is 18.2 Å². The topological polar surface area (TPSA) is 58.6 Å². The lowest BCUT2D eigenvalue weighted by atomic mass is 10.1. The number of halogens is 3. The molecule has 2 aromatic carbocycles. The summed E-state index contributed by atoms with van der Waals surface area (Å²) in [5.74, 6) is -2.92. The zero-order valence-electron chi connectivity index (χ0n) is 12.0. The van der Waals surface area contributed by atoms with Crippen LogP contribution in [0.25, 0.3) is 0 Å². The van der Waals surface area contributed by atoms with E-state index in [1.54, 1.807) is 0 Å². The standard InChI is InChI=1S/C16H14F3NO3/c17-12-2-4-15(14(19)6-12)23-9-16(22)20-7-10-1-3-13(18)11(5-10)8-21/h1-6,21H,7-9H2,(H,20,22). The van der Waals surface area contributed by atoms with E-state index in [-0.39, 0.29) is 17.9 Å². The second-order valence-corrected chi connectivity index (χ2v) is 4.72. The fourth-order valence-corrected chi connectivity index (χ4v) is 1.85. The molecule has 0 atom stereocenters. The number of hydrogen-bond acceptors (Lipinski definition) is 3. The molecule has 0 radical (unpaired) electrons. The SMILES string of the molecule is O=C(COc1ccc(F)cc1F)NCc1ccc(F)c(CO)c1. The largest absolute Gasteiger partial charge is 0.481 e. The van der Waals surface area contributed by atoms with Gasteiger partial charge in [-0.15, -0.1) is 0 Å². The predicted molar refractivity (Wildman–Crippen MR) is 76.0 cm³/mol. The third kappa shape index (κ3) is 4.72. The Hall–Kier alpha value is -2.54. The molecule has 0 unspecified atom stereocenters. The van der Waals surface area contributed by atoms with Gasteiger partial charge in [-0.05, 0) is 29.8 Å². The van der Waals surface area contributed by atoms with Gasteiger partial charge in [-0.3, -0.25) is 4.79 Å². The summed E-state index contributed by atoms with van der Waals surface area (Å²) in [6, 6.07) is 6.85. The Morgan fingerprint density at radius 3 is 2.57 bits per heavy atom. The minimum absolute atomic E-state index is 0.0986. The monoisotopic (exact) mass is 325 g/mol. The number of carbonyl (C=O) groups excluding carboxylic acids is 1. The highest BCUT2D eigenvalue weighted by atomic mass is 19.1. The fourth-order valence-electron chi connectivity index (χ4n) is 1.85. The molecular weight excluding hydrogens is 311 g/mol. The number of aliphatic hydroxyl groups excluding tert-OH is 1. The molecular formula is C16H14F3NO3. The number of ether oxygens (including phenoxy) is 1. The maximum absolute atomic E-state index is 13.3. The molecule has 2 N–H and O–H groups in total. The van der Waals surface area contributed by atoms with Gasteiger partial charge < -0.3 is 15.2 Å². The Morgan fingerprint density at radius 2 is 1.87 bits per heavy atom. The van der Waals surface area contributed by atoms with E-state index in [0.717, 1.165) is 12.1 Å². The van der Waals surface area contributed by atoms with Crippen LogP contribution in [0.15, 0.2) is 36.4 Å². The molecule has 122 valence electrons. The Balaban J connectivity index is 1.85. The molecule has 23 heavy (non-hydrogen) atoms. The van der Waals surface area contributed by atoms with Crippen LogP contribution in [0.1, 0.15) is 11.1 Å². The van der Waals surface area contributed by atoms with Crippen LogP contribution in [0.3, 0.4) is 0 Å². The number of amides is 1. The van der Waals surface area contributed by atoms with Crippen LogP contribution in [0, 0.1) is 17.5 Å². The molecule has 2 aromatic rings. The van der Waals surface area contributed by atoms with E-state index in [1.807, 2.05) is 0 Å². The molecule has 0 bridgehead atoms. The lowest BCUT2D eigenvalue weighted by molar-refractivity contribution is -0.123. The summed E-state index contributed by atoms with van der Waals surface area (Å²) >= 11 is 0. The molecule has 2 rings (SSSR count). The Labute approximate surface area is 130 Å². The van der Waals surface area contributed by atoms with Gasteiger partial charge in [0.2, 0.25) is 0 Å². The zero-order chi connectivity index (χ0) is 16.8. The van der Waals surface area contributed by atoms with Crippen molar-refractivity contribution in [2.24, 2.45) is 0 Å². The molecule has 0 saturated carbocycles. The van der Waals surface area contributed by atoms with Gasteiger partial charge in [0.05, 0.1) is 6.61 Å². The van der Waals surface area contributed by atoms with E-state index in [0.29, 0.717) is 11.6 Å². The van der Waals surface area contributed by atoms with Crippen molar-refractivity contribution < 1.29 is 27.8 Å². The molecule has 0 aliphatic carbocycles. The first-order chi connectivity index (χ1) is 11.0. The first-order valence-electron chi connectivity index (χ1n) is 6.72. The summed E-state index contributed by atoms with van der Waals surface area (Å²) in [5.41, 5.74) is 0.721. The maximum Gasteiger partial charge on any atom is 0.258 e. The third-order valence-electron chi connectivity index (χ3n) is 3.02. The van der Waals surface area contributed by atoms with Crippen LogP contribution >= 0.6 is 0 Å². The van der Waals surface area contributed by atoms with Crippen molar-refractivity contribution in [2.75, 3.05) is 6.61 Å². The van der Waals surface area contributed by atoms with Crippen LogP contribution < -0.4 is 10.1 Å². The van der Waals surface area contributed by atoms with Gasteiger partial charge in [-0.25, -0.2) is 13.2 Å². The molecule has 0 aromatic heterocycles. The van der Waals surface area contributed by atoms with Crippen molar-refractivity contribution in [3.63, 3.8) is 0 Å². The van der Waals surface area contributed by atoms with E-state index in [2.05, 4.69) is 5.32 Å². The molecule has 4 nitrogen and oxygen atoms in total. The fraction of sp³-hybridized carbons (Fsp3) is 0.188. The van der Waals surface area contributed by atoms with Crippen LogP contribution in [0.5, 0.6) is 5.75 Å². The zero-order valence-corrected chi connectivity index (χ0v) is 12.0. The van der Waals surface area contributed by atoms with Crippen LogP contribution in [-0.4, -0.2) is 17.6 Å². The average molecular weight is 325 g/mol. The predicted octanol–water partition coefficient (Wildman–Crippen LogP) is 2.29. The summed E-state index contributed by atoms with van der Waals surface area (Å²) in [5, 5.41) is 11.5. The number of benzene rings is 2. The summed E-state index contributed by atoms with van der Waals surface area (Å²) < 4.78 is 44.2. The van der Waals surface area contributed by atoms with Crippen LogP contribution in [0.4, 0.5) is 13.2 Å². The lowest BCUT2D eigenvalue weighted by Crippen LogP contribution is -2.28. The van der Waals surface area contributed by atoms with Crippen molar-refractivity contribution in [3.8, 4) is 5.75 Å². The van der Waals surface area contributed by atoms with E-state index >= 15 is 0 Å². The minimum atomic E-state index is -0.899. The minimum Gasteiger partial charge on any atom is -0.481 e. The van der Waals surface area contributed by atoms with Gasteiger partial charge in [0, 0.05) is 18.2 Å². The Bertz CT molecular complexity index is 707. The first-order valence-corrected chi connectivity index (χ1v) is 6.72. The maximum atomic E-state index is 13.3. The summed E-state index contributed by atoms with van der Waals surface area (Å²) in [7, 11) is 0. The number of hydrogen-bond donors (Lipinski definition) is 2. The molecule has 0 heterocycles. The number of nitrogens with one attached hydrogen (secondary N) is 1. The first kappa shape index (κ1) is 16.8. The van der Waals surface area contributed by atoms with E-state index < -0.39 is 36.6 Å². The molecule has 0 spiro atoms. The normalized spacial score (nSPS) is 10.4. The van der Waals surface area contributed by atoms with Gasteiger partial charge in [-0.1, -0.05) is 6.07 Å². The second kappa shape index (κ2) is 7.64. The van der Waals surface area contributed by atoms with Gasteiger partial charge in [0.25, 0.3) is 5.91 Å². The highest BCUT2D eigenvalue weighted by Crippen LogP contribution is 2.17. The van der Waals surface area contributed by atoms with Gasteiger partial charge >= 0.3 is 0 Å². The average Bonchev–Trinajstić information content (AvgIpc) is 2.53. The number of aliphatic hydroxyl groups is 1. The van der Waals surface area contributed by atoms with Crippen molar-refractivity contribution in [1.29, 1.82) is 0 Å². The van der Waals surface area contributed by atoms with Crippen LogP contribution in [-0.2, 0) is 17.9 Å². The van der Waals surface area contributed by atoms with Crippen molar-refractivity contribution in [1.82, 2.24) is 5.32 Å². The van der Waals surface area contributed by atoms with Crippen molar-refractivity contribution >= 4 is 5.91 Å². The molecule has 1 amide bonds. The van der Waals surface area contributed by atoms with Crippen molar-refractivity contribution in [3.05, 3.63) is 65.0 Å². The van der Waals surface area contributed by atoms with E-state index in [9.17, 15) is 18.0 Å². The molecule has 7 heteroatoms. The highest BCUT2D eigenvalue weighted by molar-refractivity contribution is 5.77. The molecule has 0 saturated heterocycles. The summed E-state index contributed by atoms with van der Waals surface area (Å²) in [6.07, 6.45) is 0. The highest BCUT2D eigenvalue weighted by Gasteiger charge is 2.09. The molecule has 0 aliphatic heterocycles. The number of rotatable bonds is 6. The smallest absolute Gasteiger partial charge is 0.258 e. The van der Waals surface area contributed by atoms with Gasteiger partial charge in [-0.2, -0.15) is 0 Å². The van der Waals surface area contributed by atoms with Crippen LogP contribution in [0.2, 0.25) is 0 Å². The second-order valence-electron chi connectivity index (χ2n) is 4.72. The quantitative estimate of drug-likeness (QED) is 0.857. The third-order valence-corrected chi connectivity index (χ3v) is 3.02. The lowest BCUT2D eigenvalue weighted by Gasteiger charge is -2.09. The Kier molecular flexibility index (Phi) is 5.59. The summed E-state index contributed by atoms with van der Waals surface area (Å²) in [6.45, 7) is -0.793. The van der Waals surface area contributed by atoms with E-state index in [1.165, 1.54) is 18.2 Å².